The van der Waals surface area contributed by atoms with Crippen molar-refractivity contribution in [1.82, 2.24) is 24.8 Å². The number of aromatic carboxylic acids is 1. The van der Waals surface area contributed by atoms with E-state index in [2.05, 4.69) is 15.0 Å². The summed E-state index contributed by atoms with van der Waals surface area (Å²) >= 11 is 11.6. The van der Waals surface area contributed by atoms with Crippen LogP contribution >= 0.6 is 23.2 Å². The topological polar surface area (TPSA) is 181 Å². The molecular weight excluding hydrogens is 942 g/mol. The molecule has 3 aromatic heterocycles. The molecule has 70 heavy (non-hydrogen) atoms. The summed E-state index contributed by atoms with van der Waals surface area (Å²) in [4.78, 5) is 51.7. The van der Waals surface area contributed by atoms with Crippen molar-refractivity contribution in [2.45, 2.75) is 37.9 Å². The van der Waals surface area contributed by atoms with Gasteiger partial charge in [0.1, 0.15) is 52.5 Å². The smallest absolute Gasteiger partial charge is 0.415 e. The lowest BCUT2D eigenvalue weighted by molar-refractivity contribution is 0.0696. The minimum atomic E-state index is -0.978. The third-order valence-corrected chi connectivity index (χ3v) is 11.1. The van der Waals surface area contributed by atoms with Crippen LogP contribution in [0, 0.1) is 0 Å². The Morgan fingerprint density at radius 1 is 0.457 bits per heavy atom. The predicted molar refractivity (Wildman–Crippen MR) is 258 cm³/mol. The molecule has 9 rings (SSSR count). The Morgan fingerprint density at radius 2 is 0.829 bits per heavy atom. The zero-order valence-electron chi connectivity index (χ0n) is 37.3. The summed E-state index contributed by atoms with van der Waals surface area (Å²) < 4.78 is 40.0. The van der Waals surface area contributed by atoms with E-state index >= 15 is 0 Å². The molecule has 0 bridgehead atoms. The van der Waals surface area contributed by atoms with Crippen molar-refractivity contribution in [2.75, 3.05) is 26.2 Å². The number of hydrogen-bond donors (Lipinski definition) is 1. The summed E-state index contributed by atoms with van der Waals surface area (Å²) in [5, 5.41) is 10.0. The fourth-order valence-electron chi connectivity index (χ4n) is 7.06. The SMILES string of the molecule is O=C(O)c1ccc(OC2CCN(C(=O)Oc3ccc(Oc4ccc(Cl)cn4)cc3)CC2)cc1.O=C(Oc1ccc(Oc2ccc(Cl)cn2)cc1)N1CCC(Oc2ccc(Oc3ccccn3)cc2)CC1. The number of halogens is 2. The van der Waals surface area contributed by atoms with E-state index in [1.165, 1.54) is 24.5 Å². The third kappa shape index (κ3) is 14.5. The van der Waals surface area contributed by atoms with Crippen molar-refractivity contribution >= 4 is 41.4 Å². The number of aromatic nitrogens is 3. The first kappa shape index (κ1) is 48.4. The van der Waals surface area contributed by atoms with Crippen molar-refractivity contribution in [1.29, 1.82) is 0 Å². The molecule has 7 aromatic rings. The van der Waals surface area contributed by atoms with Crippen molar-refractivity contribution < 1.29 is 52.6 Å². The van der Waals surface area contributed by atoms with Gasteiger partial charge in [0, 0.05) is 88.7 Å². The second-order valence-corrected chi connectivity index (χ2v) is 16.6. The van der Waals surface area contributed by atoms with Crippen LogP contribution in [-0.2, 0) is 0 Å². The number of ether oxygens (including phenoxy) is 7. The average Bonchev–Trinajstić information content (AvgIpc) is 3.38. The van der Waals surface area contributed by atoms with Gasteiger partial charge in [-0.05, 0) is 115 Å². The molecule has 16 nitrogen and oxygen atoms in total. The number of carboxylic acids is 1. The number of likely N-dealkylation sites (tertiary alicyclic amines) is 2. The van der Waals surface area contributed by atoms with Crippen LogP contribution in [0.3, 0.4) is 0 Å². The Morgan fingerprint density at radius 3 is 1.19 bits per heavy atom. The van der Waals surface area contributed by atoms with Crippen LogP contribution in [0.5, 0.6) is 57.9 Å². The summed E-state index contributed by atoms with van der Waals surface area (Å²) in [6.45, 7) is 2.10. The van der Waals surface area contributed by atoms with Gasteiger partial charge in [-0.15, -0.1) is 0 Å². The summed E-state index contributed by atoms with van der Waals surface area (Å²) in [5.74, 6) is 4.42. The molecule has 0 saturated carbocycles. The molecule has 4 aromatic carbocycles. The van der Waals surface area contributed by atoms with Gasteiger partial charge >= 0.3 is 18.2 Å². The quantitative estimate of drug-likeness (QED) is 0.115. The number of benzene rings is 4. The standard InChI is InChI=1S/C28H24ClN3O5.C24H21ClN2O6/c29-20-4-13-27(31-19-20)36-23-9-11-24(12-10-23)37-28(33)32-17-14-25(15-18-32)34-21-5-7-22(8-6-21)35-26-3-1-2-16-30-26;25-17-3-10-22(26-15-17)32-19-6-8-20(9-7-19)33-24(30)27-13-11-21(12-14-27)31-18-4-1-16(2-5-18)23(28)29/h1-13,16,19,25H,14-15,17-18H2;1-10,15,21H,11-14H2,(H,28,29). The minimum absolute atomic E-state index is 0.0181. The summed E-state index contributed by atoms with van der Waals surface area (Å²) in [5.41, 5.74) is 0.209. The number of carbonyl (C=O) groups excluding carboxylic acids is 2. The number of piperidine rings is 2. The van der Waals surface area contributed by atoms with Crippen molar-refractivity contribution in [3.63, 3.8) is 0 Å². The first-order chi connectivity index (χ1) is 34.1. The monoisotopic (exact) mass is 985 g/mol. The van der Waals surface area contributed by atoms with E-state index < -0.39 is 12.1 Å². The molecule has 18 heteroatoms. The molecule has 0 aliphatic carbocycles. The van der Waals surface area contributed by atoms with Gasteiger partial charge in [-0.3, -0.25) is 0 Å². The van der Waals surface area contributed by atoms with Gasteiger partial charge in [-0.1, -0.05) is 29.3 Å². The number of hydrogen-bond acceptors (Lipinski definition) is 13. The molecule has 2 aliphatic rings. The minimum Gasteiger partial charge on any atom is -0.490 e. The van der Waals surface area contributed by atoms with E-state index in [1.54, 1.807) is 107 Å². The van der Waals surface area contributed by atoms with Crippen LogP contribution in [-0.4, -0.2) is 86.4 Å². The lowest BCUT2D eigenvalue weighted by Gasteiger charge is -2.31. The fraction of sp³-hybridized carbons (Fsp3) is 0.192. The molecule has 0 atom stereocenters. The zero-order valence-corrected chi connectivity index (χ0v) is 38.9. The maximum atomic E-state index is 12.6. The van der Waals surface area contributed by atoms with Gasteiger partial charge in [0.15, 0.2) is 0 Å². The lowest BCUT2D eigenvalue weighted by Crippen LogP contribution is -2.43. The highest BCUT2D eigenvalue weighted by atomic mass is 35.5. The number of nitrogens with zero attached hydrogens (tertiary/aromatic N) is 5. The van der Waals surface area contributed by atoms with Crippen molar-refractivity contribution in [3.8, 4) is 57.9 Å². The Bertz CT molecular complexity index is 2780. The zero-order chi connectivity index (χ0) is 48.7. The molecule has 0 radical (unpaired) electrons. The molecule has 1 N–H and O–H groups in total. The number of carbonyl (C=O) groups is 3. The van der Waals surface area contributed by atoms with Crippen LogP contribution in [0.15, 0.2) is 158 Å². The highest BCUT2D eigenvalue weighted by Gasteiger charge is 2.27. The third-order valence-electron chi connectivity index (χ3n) is 10.7. The molecule has 0 unspecified atom stereocenters. The molecule has 2 amide bonds. The Balaban J connectivity index is 0.000000190. The van der Waals surface area contributed by atoms with Crippen molar-refractivity contribution in [2.24, 2.45) is 0 Å². The van der Waals surface area contributed by atoms with E-state index in [4.69, 9.17) is 61.5 Å². The normalized spacial score (nSPS) is 13.7. The molecule has 358 valence electrons. The van der Waals surface area contributed by atoms with Gasteiger partial charge in [0.25, 0.3) is 0 Å². The second-order valence-electron chi connectivity index (χ2n) is 15.7. The van der Waals surface area contributed by atoms with Gasteiger partial charge in [0.05, 0.1) is 15.6 Å². The highest BCUT2D eigenvalue weighted by molar-refractivity contribution is 6.30. The van der Waals surface area contributed by atoms with Gasteiger partial charge < -0.3 is 48.1 Å². The largest absolute Gasteiger partial charge is 0.490 e. The molecule has 2 fully saturated rings. The lowest BCUT2D eigenvalue weighted by atomic mass is 10.1. The molecule has 2 aliphatic heterocycles. The van der Waals surface area contributed by atoms with Crippen molar-refractivity contribution in [3.05, 3.63) is 174 Å². The summed E-state index contributed by atoms with van der Waals surface area (Å²) in [7, 11) is 0. The molecule has 2 saturated heterocycles. The van der Waals surface area contributed by atoms with Crippen LogP contribution in [0.4, 0.5) is 9.59 Å². The molecule has 5 heterocycles. The van der Waals surface area contributed by atoms with Gasteiger partial charge in [-0.2, -0.15) is 0 Å². The van der Waals surface area contributed by atoms with E-state index in [-0.39, 0.29) is 23.9 Å². The average molecular weight is 987 g/mol. The Labute approximate surface area is 412 Å². The first-order valence-corrected chi connectivity index (χ1v) is 22.9. The molecular formula is C52H45Cl2N5O11. The fourth-order valence-corrected chi connectivity index (χ4v) is 7.28. The van der Waals surface area contributed by atoms with Crippen LogP contribution in [0.25, 0.3) is 0 Å². The highest BCUT2D eigenvalue weighted by Crippen LogP contribution is 2.28. The van der Waals surface area contributed by atoms with Crippen LogP contribution in [0.2, 0.25) is 10.0 Å². The second kappa shape index (κ2) is 23.8. The Hall–Kier alpha value is -8.08. The van der Waals surface area contributed by atoms with E-state index in [0.29, 0.717) is 114 Å². The van der Waals surface area contributed by atoms with E-state index in [1.807, 2.05) is 36.4 Å². The molecule has 0 spiro atoms. The number of pyridine rings is 3. The Kier molecular flexibility index (Phi) is 16.4. The summed E-state index contributed by atoms with van der Waals surface area (Å²) in [6, 6.07) is 39.4. The van der Waals surface area contributed by atoms with Gasteiger partial charge in [0.2, 0.25) is 17.6 Å². The number of carboxylic acid groups (broad SMARTS) is 1. The maximum absolute atomic E-state index is 12.6. The van der Waals surface area contributed by atoms with Gasteiger partial charge in [-0.25, -0.2) is 29.3 Å². The summed E-state index contributed by atoms with van der Waals surface area (Å²) in [6.07, 6.45) is 6.56. The first-order valence-electron chi connectivity index (χ1n) is 22.1. The number of amides is 2. The van der Waals surface area contributed by atoms with Crippen LogP contribution in [0.1, 0.15) is 36.0 Å². The van der Waals surface area contributed by atoms with E-state index in [0.717, 1.165) is 5.75 Å². The maximum Gasteiger partial charge on any atom is 0.415 e. The number of rotatable bonds is 13. The predicted octanol–water partition coefficient (Wildman–Crippen LogP) is 12.0. The van der Waals surface area contributed by atoms with Crippen LogP contribution < -0.4 is 33.2 Å². The van der Waals surface area contributed by atoms with E-state index in [9.17, 15) is 14.4 Å².